The average molecular weight is 307 g/mol. The molecule has 22 heavy (non-hydrogen) atoms. The molecule has 2 rings (SSSR count). The maximum atomic E-state index is 12.7. The fourth-order valence-corrected chi connectivity index (χ4v) is 3.00. The first-order valence-electron chi connectivity index (χ1n) is 7.18. The highest BCUT2D eigenvalue weighted by Gasteiger charge is 2.45. The van der Waals surface area contributed by atoms with Crippen molar-refractivity contribution in [3.05, 3.63) is 24.0 Å². The van der Waals surface area contributed by atoms with Gasteiger partial charge in [-0.2, -0.15) is 0 Å². The van der Waals surface area contributed by atoms with E-state index in [2.05, 4.69) is 10.3 Å². The molecule has 0 aromatic carbocycles. The van der Waals surface area contributed by atoms with Crippen molar-refractivity contribution in [3.8, 4) is 5.75 Å². The molecule has 1 aliphatic heterocycles. The van der Waals surface area contributed by atoms with Crippen molar-refractivity contribution in [1.82, 2.24) is 15.2 Å². The summed E-state index contributed by atoms with van der Waals surface area (Å²) in [5, 5.41) is 12.1. The molecule has 1 atom stereocenters. The van der Waals surface area contributed by atoms with Gasteiger partial charge in [-0.15, -0.1) is 0 Å². The van der Waals surface area contributed by atoms with Gasteiger partial charge < -0.3 is 20.1 Å². The molecule has 2 amide bonds. The van der Waals surface area contributed by atoms with Crippen molar-refractivity contribution in [2.75, 3.05) is 27.3 Å². The van der Waals surface area contributed by atoms with Crippen molar-refractivity contribution in [3.63, 3.8) is 0 Å². The van der Waals surface area contributed by atoms with Crippen LogP contribution in [0.5, 0.6) is 5.75 Å². The van der Waals surface area contributed by atoms with Crippen molar-refractivity contribution in [1.29, 1.82) is 0 Å². The van der Waals surface area contributed by atoms with Crippen LogP contribution in [0.1, 0.15) is 29.6 Å². The number of aromatic nitrogens is 1. The fourth-order valence-electron chi connectivity index (χ4n) is 3.00. The van der Waals surface area contributed by atoms with Crippen LogP contribution in [0.25, 0.3) is 0 Å². The molecule has 0 radical (unpaired) electrons. The average Bonchev–Trinajstić information content (AvgIpc) is 2.90. The summed E-state index contributed by atoms with van der Waals surface area (Å²) in [6.07, 6.45) is 4.38. The molecule has 0 saturated carbocycles. The predicted molar refractivity (Wildman–Crippen MR) is 79.5 cm³/mol. The van der Waals surface area contributed by atoms with Gasteiger partial charge in [-0.3, -0.25) is 14.6 Å². The molecule has 1 aromatic rings. The summed E-state index contributed by atoms with van der Waals surface area (Å²) in [5.41, 5.74) is -0.350. The molecular formula is C15H21N3O4. The molecule has 0 bridgehead atoms. The van der Waals surface area contributed by atoms with E-state index in [1.165, 1.54) is 18.5 Å². The third-order valence-corrected chi connectivity index (χ3v) is 3.99. The number of pyridine rings is 1. The van der Waals surface area contributed by atoms with Crippen LogP contribution in [0, 0.1) is 0 Å². The number of amides is 2. The van der Waals surface area contributed by atoms with Gasteiger partial charge in [0.05, 0.1) is 30.3 Å². The molecule has 1 saturated heterocycles. The number of aromatic hydroxyl groups is 1. The van der Waals surface area contributed by atoms with E-state index in [9.17, 15) is 14.7 Å². The van der Waals surface area contributed by atoms with Crippen LogP contribution in [0.15, 0.2) is 18.5 Å². The van der Waals surface area contributed by atoms with Gasteiger partial charge in [0.2, 0.25) is 5.91 Å². The number of hydrogen-bond acceptors (Lipinski definition) is 5. The zero-order valence-electron chi connectivity index (χ0n) is 12.8. The monoisotopic (exact) mass is 307 g/mol. The Hall–Kier alpha value is -2.15. The molecule has 0 aliphatic carbocycles. The van der Waals surface area contributed by atoms with E-state index in [1.807, 2.05) is 0 Å². The lowest BCUT2D eigenvalue weighted by atomic mass is 9.91. The fraction of sp³-hybridized carbons (Fsp3) is 0.533. The van der Waals surface area contributed by atoms with Gasteiger partial charge >= 0.3 is 0 Å². The second-order valence-corrected chi connectivity index (χ2v) is 5.50. The lowest BCUT2D eigenvalue weighted by molar-refractivity contribution is -0.123. The van der Waals surface area contributed by atoms with Crippen LogP contribution in [0.4, 0.5) is 0 Å². The normalized spacial score (nSPS) is 20.9. The lowest BCUT2D eigenvalue weighted by Gasteiger charge is -2.37. The van der Waals surface area contributed by atoms with Crippen LogP contribution in [-0.2, 0) is 9.53 Å². The highest BCUT2D eigenvalue weighted by Crippen LogP contribution is 2.34. The Kier molecular flexibility index (Phi) is 4.97. The smallest absolute Gasteiger partial charge is 0.256 e. The van der Waals surface area contributed by atoms with E-state index >= 15 is 0 Å². The molecule has 1 fully saturated rings. The maximum Gasteiger partial charge on any atom is 0.256 e. The Morgan fingerprint density at radius 3 is 2.91 bits per heavy atom. The summed E-state index contributed by atoms with van der Waals surface area (Å²) in [6.45, 7) is 0.841. The number of methoxy groups -OCH3 is 1. The number of hydrogen-bond donors (Lipinski definition) is 2. The molecule has 1 unspecified atom stereocenters. The van der Waals surface area contributed by atoms with Gasteiger partial charge in [0, 0.05) is 26.9 Å². The zero-order chi connectivity index (χ0) is 16.2. The van der Waals surface area contributed by atoms with Crippen molar-refractivity contribution < 1.29 is 19.4 Å². The van der Waals surface area contributed by atoms with Crippen molar-refractivity contribution >= 4 is 11.8 Å². The largest absolute Gasteiger partial charge is 0.506 e. The van der Waals surface area contributed by atoms with Crippen LogP contribution in [0.2, 0.25) is 0 Å². The molecular weight excluding hydrogens is 286 g/mol. The van der Waals surface area contributed by atoms with Gasteiger partial charge in [0.1, 0.15) is 5.75 Å². The maximum absolute atomic E-state index is 12.7. The molecule has 2 N–H and O–H groups in total. The van der Waals surface area contributed by atoms with Crippen molar-refractivity contribution in [2.24, 2.45) is 0 Å². The summed E-state index contributed by atoms with van der Waals surface area (Å²) >= 11 is 0. The summed E-state index contributed by atoms with van der Waals surface area (Å²) < 4.78 is 5.28. The summed E-state index contributed by atoms with van der Waals surface area (Å²) in [5.74, 6) is -0.443. The van der Waals surface area contributed by atoms with Crippen molar-refractivity contribution in [2.45, 2.75) is 24.8 Å². The Labute approximate surface area is 129 Å². The van der Waals surface area contributed by atoms with Crippen LogP contribution in [0.3, 0.4) is 0 Å². The van der Waals surface area contributed by atoms with E-state index in [1.54, 1.807) is 19.1 Å². The van der Waals surface area contributed by atoms with Gasteiger partial charge in [0.25, 0.3) is 5.91 Å². The Morgan fingerprint density at radius 1 is 1.50 bits per heavy atom. The van der Waals surface area contributed by atoms with Gasteiger partial charge in [0.15, 0.2) is 0 Å². The first-order valence-corrected chi connectivity index (χ1v) is 7.18. The van der Waals surface area contributed by atoms with Crippen LogP contribution in [-0.4, -0.2) is 59.7 Å². The van der Waals surface area contributed by atoms with E-state index in [4.69, 9.17) is 4.74 Å². The summed E-state index contributed by atoms with van der Waals surface area (Å²) in [7, 11) is 3.13. The molecule has 0 spiro atoms. The Balaban J connectivity index is 2.30. The first kappa shape index (κ1) is 16.2. The topological polar surface area (TPSA) is 91.8 Å². The van der Waals surface area contributed by atoms with E-state index in [0.29, 0.717) is 25.1 Å². The highest BCUT2D eigenvalue weighted by atomic mass is 16.5. The second kappa shape index (κ2) is 6.74. The molecule has 7 nitrogen and oxygen atoms in total. The number of nitrogens with zero attached hydrogens (tertiary/aromatic N) is 2. The summed E-state index contributed by atoms with van der Waals surface area (Å²) in [6, 6.07) is 1.38. The number of carbonyl (C=O) groups is 2. The highest BCUT2D eigenvalue weighted by molar-refractivity contribution is 5.95. The number of carbonyl (C=O) groups excluding carboxylic acids is 2. The van der Waals surface area contributed by atoms with Gasteiger partial charge in [-0.25, -0.2) is 0 Å². The number of ether oxygens (including phenoxy) is 1. The lowest BCUT2D eigenvalue weighted by Crippen LogP contribution is -2.52. The standard InChI is InChI=1S/C15H21N3O4/c1-16-13(20)7-15(10-22-2)4-3-5-18(15)14(21)11-6-12(19)9-17-8-11/h6,8-9,19H,3-5,7,10H2,1-2H3,(H,16,20). The molecule has 1 aliphatic rings. The Morgan fingerprint density at radius 2 is 2.27 bits per heavy atom. The number of nitrogens with one attached hydrogen (secondary N) is 1. The van der Waals surface area contributed by atoms with E-state index < -0.39 is 5.54 Å². The van der Waals surface area contributed by atoms with Crippen LogP contribution < -0.4 is 5.32 Å². The minimum absolute atomic E-state index is 0.0614. The minimum atomic E-state index is -0.655. The quantitative estimate of drug-likeness (QED) is 0.828. The SMILES string of the molecule is CNC(=O)CC1(COC)CCCN1C(=O)c1cncc(O)c1. The van der Waals surface area contributed by atoms with Crippen LogP contribution >= 0.6 is 0 Å². The van der Waals surface area contributed by atoms with E-state index in [-0.39, 0.29) is 24.0 Å². The number of rotatable bonds is 5. The predicted octanol–water partition coefficient (Wildman–Crippen LogP) is 0.545. The second-order valence-electron chi connectivity index (χ2n) is 5.50. The Bertz CT molecular complexity index is 563. The molecule has 7 heteroatoms. The van der Waals surface area contributed by atoms with E-state index in [0.717, 1.165) is 6.42 Å². The third kappa shape index (κ3) is 3.19. The zero-order valence-corrected chi connectivity index (χ0v) is 12.8. The minimum Gasteiger partial charge on any atom is -0.506 e. The first-order chi connectivity index (χ1) is 10.5. The molecule has 2 heterocycles. The number of likely N-dealkylation sites (tertiary alicyclic amines) is 1. The van der Waals surface area contributed by atoms with Gasteiger partial charge in [-0.1, -0.05) is 0 Å². The molecule has 1 aromatic heterocycles. The summed E-state index contributed by atoms with van der Waals surface area (Å²) in [4.78, 5) is 30.1. The molecule has 120 valence electrons. The van der Waals surface area contributed by atoms with Gasteiger partial charge in [-0.05, 0) is 18.9 Å². The third-order valence-electron chi connectivity index (χ3n) is 3.99.